The lowest BCUT2D eigenvalue weighted by Crippen LogP contribution is -2.50. The first-order valence-electron chi connectivity index (χ1n) is 14.1. The van der Waals surface area contributed by atoms with E-state index in [1.807, 2.05) is 55.6 Å². The van der Waals surface area contributed by atoms with Crippen LogP contribution < -0.4 is 4.90 Å². The highest BCUT2D eigenvalue weighted by molar-refractivity contribution is 5.81. The van der Waals surface area contributed by atoms with E-state index >= 15 is 0 Å². The van der Waals surface area contributed by atoms with Crippen molar-refractivity contribution < 1.29 is 27.5 Å². The molecular formula is C31H33F3N6O3. The minimum atomic E-state index is -4.35. The highest BCUT2D eigenvalue weighted by atomic mass is 19.4. The van der Waals surface area contributed by atoms with Gasteiger partial charge in [0.05, 0.1) is 18.3 Å². The molecule has 1 saturated heterocycles. The standard InChI is InChI=1S/C31H33F3N6O3/c1-30(2,3)43-29(42)39-15-13-38(14-16-39)26-8-11-35-28(37-26)23-9-12-40-25(20-36-27(40)19-23)22-6-4-5-21(17-22)18-24(41)7-10-31(32,33)34/h4-6,8-9,11-12,17,19-20H,7,10,13-16,18H2,1-3H3. The maximum Gasteiger partial charge on any atom is 0.410 e. The Kier molecular flexibility index (Phi) is 8.38. The van der Waals surface area contributed by atoms with Gasteiger partial charge in [-0.15, -0.1) is 0 Å². The highest BCUT2D eigenvalue weighted by Gasteiger charge is 2.28. The van der Waals surface area contributed by atoms with Gasteiger partial charge in [-0.1, -0.05) is 18.2 Å². The molecule has 0 radical (unpaired) electrons. The number of hydrogen-bond donors (Lipinski definition) is 0. The Balaban J connectivity index is 1.28. The number of piperazine rings is 1. The Morgan fingerprint density at radius 2 is 1.72 bits per heavy atom. The number of hydrogen-bond acceptors (Lipinski definition) is 7. The van der Waals surface area contributed by atoms with Crippen molar-refractivity contribution in [3.8, 4) is 22.6 Å². The van der Waals surface area contributed by atoms with Gasteiger partial charge >= 0.3 is 12.3 Å². The fourth-order valence-corrected chi connectivity index (χ4v) is 4.88. The van der Waals surface area contributed by atoms with Crippen LogP contribution >= 0.6 is 0 Å². The van der Waals surface area contributed by atoms with Gasteiger partial charge in [-0.05, 0) is 50.6 Å². The molecule has 12 heteroatoms. The first-order valence-corrected chi connectivity index (χ1v) is 14.1. The molecule has 0 atom stereocenters. The summed E-state index contributed by atoms with van der Waals surface area (Å²) in [5.41, 5.74) is 3.13. The van der Waals surface area contributed by atoms with Gasteiger partial charge in [0, 0.05) is 62.5 Å². The zero-order valence-corrected chi connectivity index (χ0v) is 24.3. The first kappa shape index (κ1) is 30.0. The van der Waals surface area contributed by atoms with Crippen LogP contribution in [0.3, 0.4) is 0 Å². The molecule has 4 aromatic rings. The van der Waals surface area contributed by atoms with Crippen LogP contribution in [0, 0.1) is 0 Å². The minimum Gasteiger partial charge on any atom is -0.444 e. The summed E-state index contributed by atoms with van der Waals surface area (Å²) < 4.78 is 44.8. The minimum absolute atomic E-state index is 0.0610. The molecule has 0 aliphatic carbocycles. The molecular weight excluding hydrogens is 561 g/mol. The predicted molar refractivity (Wildman–Crippen MR) is 156 cm³/mol. The lowest BCUT2D eigenvalue weighted by molar-refractivity contribution is -0.143. The zero-order valence-electron chi connectivity index (χ0n) is 24.3. The quantitative estimate of drug-likeness (QED) is 0.260. The number of fused-ring (bicyclic) bond motifs is 1. The normalized spacial score (nSPS) is 14.3. The van der Waals surface area contributed by atoms with Gasteiger partial charge < -0.3 is 14.5 Å². The van der Waals surface area contributed by atoms with Crippen LogP contribution in [0.1, 0.15) is 39.2 Å². The second-order valence-corrected chi connectivity index (χ2v) is 11.5. The van der Waals surface area contributed by atoms with Crippen LogP contribution in [0.25, 0.3) is 28.3 Å². The molecule has 1 aliphatic heterocycles. The van der Waals surface area contributed by atoms with Crippen molar-refractivity contribution in [1.82, 2.24) is 24.3 Å². The predicted octanol–water partition coefficient (Wildman–Crippen LogP) is 5.97. The number of amides is 1. The Hall–Kier alpha value is -4.48. The zero-order chi connectivity index (χ0) is 30.8. The number of anilines is 1. The van der Waals surface area contributed by atoms with Crippen molar-refractivity contribution in [2.75, 3.05) is 31.1 Å². The van der Waals surface area contributed by atoms with Crippen molar-refractivity contribution in [2.24, 2.45) is 0 Å². The van der Waals surface area contributed by atoms with Gasteiger partial charge in [-0.3, -0.25) is 9.20 Å². The number of carbonyl (C=O) groups is 2. The van der Waals surface area contributed by atoms with Crippen LogP contribution in [0.5, 0.6) is 0 Å². The van der Waals surface area contributed by atoms with Crippen molar-refractivity contribution in [2.45, 2.75) is 51.8 Å². The number of Topliss-reactive ketones (excluding diaryl/α,β-unsaturated/α-hetero) is 1. The number of halogens is 3. The number of ether oxygens (including phenoxy) is 1. The van der Waals surface area contributed by atoms with Gasteiger partial charge in [-0.2, -0.15) is 13.2 Å². The third kappa shape index (κ3) is 7.68. The van der Waals surface area contributed by atoms with Crippen LogP contribution in [0.15, 0.2) is 61.1 Å². The molecule has 43 heavy (non-hydrogen) atoms. The number of alkyl halides is 3. The lowest BCUT2D eigenvalue weighted by atomic mass is 10.0. The molecule has 0 saturated carbocycles. The Morgan fingerprint density at radius 3 is 2.44 bits per heavy atom. The summed E-state index contributed by atoms with van der Waals surface area (Å²) >= 11 is 0. The molecule has 4 heterocycles. The molecule has 0 spiro atoms. The number of nitrogens with zero attached hydrogens (tertiary/aromatic N) is 6. The smallest absolute Gasteiger partial charge is 0.410 e. The number of imidazole rings is 1. The molecule has 1 aromatic carbocycles. The Bertz CT molecular complexity index is 1620. The number of aromatic nitrogens is 4. The Labute approximate surface area is 247 Å². The van der Waals surface area contributed by atoms with E-state index in [1.54, 1.807) is 35.5 Å². The average molecular weight is 595 g/mol. The summed E-state index contributed by atoms with van der Waals surface area (Å²) in [6.07, 6.45) is -1.08. The Morgan fingerprint density at radius 1 is 0.953 bits per heavy atom. The van der Waals surface area contributed by atoms with Crippen LogP contribution in [0.2, 0.25) is 0 Å². The topological polar surface area (TPSA) is 92.9 Å². The summed E-state index contributed by atoms with van der Waals surface area (Å²) in [6.45, 7) is 7.83. The molecule has 0 bridgehead atoms. The number of rotatable bonds is 7. The monoisotopic (exact) mass is 594 g/mol. The third-order valence-corrected chi connectivity index (χ3v) is 6.98. The fraction of sp³-hybridized carbons (Fsp3) is 0.387. The van der Waals surface area contributed by atoms with Gasteiger partial charge in [0.1, 0.15) is 22.8 Å². The molecule has 1 aliphatic rings. The van der Waals surface area contributed by atoms with E-state index in [-0.39, 0.29) is 12.5 Å². The fourth-order valence-electron chi connectivity index (χ4n) is 4.88. The second-order valence-electron chi connectivity index (χ2n) is 11.5. The summed E-state index contributed by atoms with van der Waals surface area (Å²) in [4.78, 5) is 42.1. The van der Waals surface area contributed by atoms with Crippen molar-refractivity contribution in [1.29, 1.82) is 0 Å². The molecule has 3 aromatic heterocycles. The van der Waals surface area contributed by atoms with Gasteiger partial charge in [0.15, 0.2) is 5.82 Å². The molecule has 226 valence electrons. The van der Waals surface area contributed by atoms with Crippen molar-refractivity contribution >= 4 is 23.3 Å². The lowest BCUT2D eigenvalue weighted by Gasteiger charge is -2.36. The van der Waals surface area contributed by atoms with Crippen LogP contribution in [-0.4, -0.2) is 74.1 Å². The summed E-state index contributed by atoms with van der Waals surface area (Å²) in [7, 11) is 0. The van der Waals surface area contributed by atoms with E-state index < -0.39 is 30.4 Å². The van der Waals surface area contributed by atoms with E-state index in [0.717, 1.165) is 22.6 Å². The van der Waals surface area contributed by atoms with Crippen molar-refractivity contribution in [3.63, 3.8) is 0 Å². The van der Waals surface area contributed by atoms with Gasteiger partial charge in [-0.25, -0.2) is 19.7 Å². The molecule has 5 rings (SSSR count). The van der Waals surface area contributed by atoms with E-state index in [0.29, 0.717) is 43.2 Å². The number of carbonyl (C=O) groups excluding carboxylic acids is 2. The van der Waals surface area contributed by atoms with Gasteiger partial charge in [0.25, 0.3) is 0 Å². The largest absolute Gasteiger partial charge is 0.444 e. The van der Waals surface area contributed by atoms with E-state index in [2.05, 4.69) is 14.9 Å². The molecule has 1 amide bonds. The third-order valence-electron chi connectivity index (χ3n) is 6.98. The van der Waals surface area contributed by atoms with E-state index in [1.165, 1.54) is 0 Å². The number of ketones is 1. The van der Waals surface area contributed by atoms with E-state index in [4.69, 9.17) is 9.72 Å². The highest BCUT2D eigenvalue weighted by Crippen LogP contribution is 2.27. The maximum atomic E-state index is 12.5. The first-order chi connectivity index (χ1) is 20.3. The molecule has 9 nitrogen and oxygen atoms in total. The molecule has 1 fully saturated rings. The summed E-state index contributed by atoms with van der Waals surface area (Å²) in [6, 6.07) is 12.8. The van der Waals surface area contributed by atoms with E-state index in [9.17, 15) is 22.8 Å². The number of benzene rings is 1. The van der Waals surface area contributed by atoms with Crippen LogP contribution in [-0.2, 0) is 16.0 Å². The average Bonchev–Trinajstić information content (AvgIpc) is 3.39. The maximum absolute atomic E-state index is 12.5. The SMILES string of the molecule is CC(C)(C)OC(=O)N1CCN(c2ccnc(-c3ccn4c(-c5cccc(CC(=O)CCC(F)(F)F)c5)cnc4c3)n2)CC1. The number of pyridine rings is 1. The van der Waals surface area contributed by atoms with Gasteiger partial charge in [0.2, 0.25) is 0 Å². The van der Waals surface area contributed by atoms with Crippen molar-refractivity contribution in [3.05, 3.63) is 66.6 Å². The molecule has 0 unspecified atom stereocenters. The summed E-state index contributed by atoms with van der Waals surface area (Å²) in [5, 5.41) is 0. The molecule has 0 N–H and O–H groups in total. The summed E-state index contributed by atoms with van der Waals surface area (Å²) in [5.74, 6) is 0.849. The van der Waals surface area contributed by atoms with Crippen LogP contribution in [0.4, 0.5) is 23.8 Å². The second kappa shape index (κ2) is 12.0.